The Kier molecular flexibility index (Phi) is 2.00. The van der Waals surface area contributed by atoms with E-state index in [1.54, 1.807) is 0 Å². The molecule has 0 amide bonds. The van der Waals surface area contributed by atoms with Crippen LogP contribution in [0, 0.1) is 0 Å². The van der Waals surface area contributed by atoms with Gasteiger partial charge in [-0.25, -0.2) is 0 Å². The molecule has 1 rings (SSSR count). The molecule has 0 aromatic carbocycles. The molecule has 7 heavy (non-hydrogen) atoms. The van der Waals surface area contributed by atoms with Crippen LogP contribution in [0.25, 0.3) is 0 Å². The molecule has 1 aliphatic heterocycles. The lowest BCUT2D eigenvalue weighted by atomic mass is 10.3. The highest BCUT2D eigenvalue weighted by atomic mass is 127. The van der Waals surface area contributed by atoms with Gasteiger partial charge in [0, 0.05) is 6.42 Å². The van der Waals surface area contributed by atoms with E-state index in [1.807, 2.05) is 6.08 Å². The minimum absolute atomic E-state index is 0.173. The van der Waals surface area contributed by atoms with Gasteiger partial charge in [0.15, 0.2) is 0 Å². The summed E-state index contributed by atoms with van der Waals surface area (Å²) in [6.45, 7) is 0. The SMILES string of the molecule is OC1C=CI=CC1. The second-order valence-corrected chi connectivity index (χ2v) is 3.72. The van der Waals surface area contributed by atoms with Crippen LogP contribution in [0.5, 0.6) is 0 Å². The maximum absolute atomic E-state index is 8.81. The second-order valence-electron chi connectivity index (χ2n) is 1.40. The third-order valence-corrected chi connectivity index (χ3v) is 2.63. The summed E-state index contributed by atoms with van der Waals surface area (Å²) in [7, 11) is 0. The zero-order chi connectivity index (χ0) is 5.11. The van der Waals surface area contributed by atoms with Crippen LogP contribution in [0.3, 0.4) is 0 Å². The van der Waals surface area contributed by atoms with Crippen LogP contribution in [0.15, 0.2) is 10.2 Å². The lowest BCUT2D eigenvalue weighted by Gasteiger charge is -2.00. The van der Waals surface area contributed by atoms with Gasteiger partial charge in [-0.15, -0.1) is 0 Å². The fourth-order valence-electron chi connectivity index (χ4n) is 0.399. The summed E-state index contributed by atoms with van der Waals surface area (Å²) in [5, 5.41) is 8.81. The van der Waals surface area contributed by atoms with Gasteiger partial charge in [0.25, 0.3) is 0 Å². The number of hydrogen-bond acceptors (Lipinski definition) is 1. The summed E-state index contributed by atoms with van der Waals surface area (Å²) < 4.78 is 4.27. The molecule has 1 aliphatic rings. The first kappa shape index (κ1) is 5.44. The molecule has 0 aromatic heterocycles. The summed E-state index contributed by atoms with van der Waals surface area (Å²) >= 11 is 0.222. The highest BCUT2D eigenvalue weighted by molar-refractivity contribution is 14.2. The molecule has 0 spiro atoms. The van der Waals surface area contributed by atoms with Crippen molar-refractivity contribution in [3.8, 4) is 0 Å². The van der Waals surface area contributed by atoms with Gasteiger partial charge >= 0.3 is 0 Å². The van der Waals surface area contributed by atoms with Crippen molar-refractivity contribution >= 4 is 24.7 Å². The number of rotatable bonds is 0. The predicted molar refractivity (Wildman–Crippen MR) is 39.8 cm³/mol. The van der Waals surface area contributed by atoms with E-state index in [-0.39, 0.29) is 26.8 Å². The van der Waals surface area contributed by atoms with E-state index >= 15 is 0 Å². The smallest absolute Gasteiger partial charge is 0.0766 e. The predicted octanol–water partition coefficient (Wildman–Crippen LogP) is 1.04. The van der Waals surface area contributed by atoms with Crippen molar-refractivity contribution in [2.45, 2.75) is 12.5 Å². The van der Waals surface area contributed by atoms with Crippen molar-refractivity contribution in [3.05, 3.63) is 10.2 Å². The van der Waals surface area contributed by atoms with Crippen molar-refractivity contribution in [2.75, 3.05) is 0 Å². The molecule has 1 nitrogen and oxygen atoms in total. The van der Waals surface area contributed by atoms with E-state index < -0.39 is 0 Å². The first-order chi connectivity index (χ1) is 3.39. The van der Waals surface area contributed by atoms with Gasteiger partial charge in [-0.3, -0.25) is 0 Å². The Balaban J connectivity index is 2.49. The first-order valence-corrected chi connectivity index (χ1v) is 4.67. The highest BCUT2D eigenvalue weighted by Crippen LogP contribution is 2.07. The van der Waals surface area contributed by atoms with Gasteiger partial charge in [-0.05, 0) is 8.09 Å². The molecule has 0 fully saturated rings. The molecule has 0 bridgehead atoms. The molecule has 0 aromatic rings. The van der Waals surface area contributed by atoms with Crippen molar-refractivity contribution in [2.24, 2.45) is 0 Å². The largest absolute Gasteiger partial charge is 0.389 e. The number of halogens is 1. The Labute approximate surface area is 52.8 Å². The highest BCUT2D eigenvalue weighted by Gasteiger charge is 1.95. The van der Waals surface area contributed by atoms with Crippen molar-refractivity contribution in [3.63, 3.8) is 0 Å². The van der Waals surface area contributed by atoms with Crippen LogP contribution < -0.4 is 0 Å². The second kappa shape index (κ2) is 2.57. The molecule has 0 aliphatic carbocycles. The van der Waals surface area contributed by atoms with Gasteiger partial charge < -0.3 is 5.11 Å². The Morgan fingerprint density at radius 1 is 1.71 bits per heavy atom. The quantitative estimate of drug-likeness (QED) is 0.592. The minimum atomic E-state index is -0.173. The monoisotopic (exact) mass is 210 g/mol. The van der Waals surface area contributed by atoms with Crippen LogP contribution in [-0.2, 0) is 0 Å². The van der Waals surface area contributed by atoms with E-state index in [9.17, 15) is 0 Å². The third kappa shape index (κ3) is 1.69. The van der Waals surface area contributed by atoms with Crippen molar-refractivity contribution < 1.29 is 5.11 Å². The molecule has 2 heteroatoms. The lowest BCUT2D eigenvalue weighted by molar-refractivity contribution is 0.233. The lowest BCUT2D eigenvalue weighted by Crippen LogP contribution is -2.02. The molecule has 1 N–H and O–H groups in total. The fourth-order valence-corrected chi connectivity index (χ4v) is 2.23. The molecule has 0 saturated heterocycles. The number of aliphatic hydroxyl groups is 1. The fraction of sp³-hybridized carbons (Fsp3) is 0.400. The normalized spacial score (nSPS) is 29.6. The molecule has 0 saturated carbocycles. The summed E-state index contributed by atoms with van der Waals surface area (Å²) in [6.07, 6.45) is 2.59. The van der Waals surface area contributed by atoms with Crippen LogP contribution >= 0.6 is 20.7 Å². The van der Waals surface area contributed by atoms with Crippen LogP contribution in [0.2, 0.25) is 0 Å². The molecular weight excluding hydrogens is 203 g/mol. The minimum Gasteiger partial charge on any atom is -0.389 e. The summed E-state index contributed by atoms with van der Waals surface area (Å²) in [4.78, 5) is 0. The van der Waals surface area contributed by atoms with Crippen molar-refractivity contribution in [1.82, 2.24) is 0 Å². The van der Waals surface area contributed by atoms with E-state index in [4.69, 9.17) is 5.11 Å². The van der Waals surface area contributed by atoms with Gasteiger partial charge in [-0.2, -0.15) is 0 Å². The molecule has 1 unspecified atom stereocenters. The van der Waals surface area contributed by atoms with Crippen LogP contribution in [0.1, 0.15) is 6.42 Å². The van der Waals surface area contributed by atoms with E-state index in [0.29, 0.717) is 0 Å². The van der Waals surface area contributed by atoms with Gasteiger partial charge in [0.05, 0.1) is 6.10 Å². The average molecular weight is 210 g/mol. The zero-order valence-electron chi connectivity index (χ0n) is 3.84. The van der Waals surface area contributed by atoms with Gasteiger partial charge in [-0.1, -0.05) is 26.8 Å². The molecule has 1 atom stereocenters. The van der Waals surface area contributed by atoms with E-state index in [1.165, 1.54) is 0 Å². The molecule has 40 valence electrons. The Bertz CT molecular complexity index is 107. The summed E-state index contributed by atoms with van der Waals surface area (Å²) in [5.74, 6) is 0. The third-order valence-electron chi connectivity index (χ3n) is 0.787. The number of aliphatic hydroxyl groups excluding tert-OH is 1. The van der Waals surface area contributed by atoms with Crippen molar-refractivity contribution in [1.29, 1.82) is 0 Å². The first-order valence-electron chi connectivity index (χ1n) is 2.18. The average Bonchev–Trinajstić information content (AvgIpc) is 1.69. The Morgan fingerprint density at radius 3 is 2.86 bits per heavy atom. The maximum Gasteiger partial charge on any atom is 0.0766 e. The number of hydrogen-bond donors (Lipinski definition) is 1. The van der Waals surface area contributed by atoms with Gasteiger partial charge in [0.1, 0.15) is 0 Å². The maximum atomic E-state index is 8.81. The molecule has 1 heterocycles. The summed E-state index contributed by atoms with van der Waals surface area (Å²) in [6, 6.07) is 0. The van der Waals surface area contributed by atoms with Crippen LogP contribution in [-0.4, -0.2) is 15.2 Å². The molecule has 0 radical (unpaired) electrons. The Hall–Kier alpha value is 0.300. The van der Waals surface area contributed by atoms with Crippen LogP contribution in [0.4, 0.5) is 0 Å². The van der Waals surface area contributed by atoms with E-state index in [2.05, 4.69) is 8.09 Å². The topological polar surface area (TPSA) is 20.2 Å². The summed E-state index contributed by atoms with van der Waals surface area (Å²) in [5.41, 5.74) is 0. The zero-order valence-corrected chi connectivity index (χ0v) is 6.00. The molecular formula is C5H7IO. The van der Waals surface area contributed by atoms with Gasteiger partial charge in [0.2, 0.25) is 0 Å². The Morgan fingerprint density at radius 2 is 2.57 bits per heavy atom. The van der Waals surface area contributed by atoms with E-state index in [0.717, 1.165) is 6.42 Å². The standard InChI is InChI=1S/C5H7IO/c7-5-1-3-6-4-2-5/h1,3-5,7H,2H2.